The molecule has 4 N–H and O–H groups in total. The summed E-state index contributed by atoms with van der Waals surface area (Å²) in [6.45, 7) is 5.00. The molecular formula is C13H17N3O4. The quantitative estimate of drug-likeness (QED) is 0.716. The minimum absolute atomic E-state index is 0.0249. The Balaban J connectivity index is 2.96. The van der Waals surface area contributed by atoms with Crippen LogP contribution in [0.5, 0.6) is 0 Å². The average Bonchev–Trinajstić information content (AvgIpc) is 2.34. The van der Waals surface area contributed by atoms with Gasteiger partial charge in [-0.15, -0.1) is 0 Å². The molecule has 0 saturated heterocycles. The fourth-order valence-electron chi connectivity index (χ4n) is 1.70. The second kappa shape index (κ2) is 6.14. The highest BCUT2D eigenvalue weighted by Crippen LogP contribution is 2.08. The van der Waals surface area contributed by atoms with E-state index >= 15 is 0 Å². The predicted molar refractivity (Wildman–Crippen MR) is 71.2 cm³/mol. The number of amides is 2. The Morgan fingerprint density at radius 3 is 2.30 bits per heavy atom. The third-order valence-corrected chi connectivity index (χ3v) is 2.81. The molecule has 0 aromatic carbocycles. The Hall–Kier alpha value is -2.44. The number of carboxylic acid groups (broad SMARTS) is 1. The van der Waals surface area contributed by atoms with Crippen LogP contribution in [0.4, 0.5) is 0 Å². The van der Waals surface area contributed by atoms with E-state index in [1.807, 2.05) is 0 Å². The first-order valence-corrected chi connectivity index (χ1v) is 6.05. The van der Waals surface area contributed by atoms with Crippen molar-refractivity contribution in [2.24, 2.45) is 11.7 Å². The number of aryl methyl sites for hydroxylation is 1. The van der Waals surface area contributed by atoms with Crippen molar-refractivity contribution < 1.29 is 19.5 Å². The zero-order chi connectivity index (χ0) is 15.4. The number of hydrogen-bond acceptors (Lipinski definition) is 4. The molecule has 2 amide bonds. The van der Waals surface area contributed by atoms with Crippen molar-refractivity contribution in [2.45, 2.75) is 26.8 Å². The molecular weight excluding hydrogens is 262 g/mol. The summed E-state index contributed by atoms with van der Waals surface area (Å²) in [7, 11) is 0. The summed E-state index contributed by atoms with van der Waals surface area (Å²) in [5, 5.41) is 11.4. The number of nitrogens with two attached hydrogens (primary N) is 1. The second-order valence-corrected chi connectivity index (χ2v) is 4.73. The summed E-state index contributed by atoms with van der Waals surface area (Å²) in [5.41, 5.74) is 5.50. The first kappa shape index (κ1) is 15.6. The number of hydrogen-bond donors (Lipinski definition) is 3. The van der Waals surface area contributed by atoms with Crippen LogP contribution in [0.25, 0.3) is 0 Å². The van der Waals surface area contributed by atoms with E-state index in [0.29, 0.717) is 0 Å². The van der Waals surface area contributed by atoms with E-state index in [-0.39, 0.29) is 22.9 Å². The van der Waals surface area contributed by atoms with Crippen molar-refractivity contribution in [3.8, 4) is 0 Å². The molecule has 1 atom stereocenters. The van der Waals surface area contributed by atoms with Gasteiger partial charge < -0.3 is 16.2 Å². The lowest BCUT2D eigenvalue weighted by atomic mass is 10.0. The number of carbonyl (C=O) groups is 3. The van der Waals surface area contributed by atoms with Gasteiger partial charge in [-0.25, -0.2) is 9.78 Å². The van der Waals surface area contributed by atoms with Gasteiger partial charge in [-0.2, -0.15) is 0 Å². The summed E-state index contributed by atoms with van der Waals surface area (Å²) in [6.07, 6.45) is 0. The number of rotatable bonds is 5. The Labute approximate surface area is 116 Å². The van der Waals surface area contributed by atoms with E-state index in [9.17, 15) is 14.4 Å². The molecule has 7 nitrogen and oxygen atoms in total. The number of aromatic carboxylic acids is 1. The topological polar surface area (TPSA) is 122 Å². The Bertz CT molecular complexity index is 555. The molecule has 0 aliphatic heterocycles. The van der Waals surface area contributed by atoms with Gasteiger partial charge in [0, 0.05) is 0 Å². The SMILES string of the molecule is Cc1nc(C(=O)NC(C(N)=O)C(C)C)ccc1C(=O)O. The van der Waals surface area contributed by atoms with Crippen molar-refractivity contribution >= 4 is 17.8 Å². The van der Waals surface area contributed by atoms with Gasteiger partial charge in [0.1, 0.15) is 11.7 Å². The Morgan fingerprint density at radius 1 is 1.30 bits per heavy atom. The number of pyridine rings is 1. The van der Waals surface area contributed by atoms with E-state index in [1.54, 1.807) is 13.8 Å². The van der Waals surface area contributed by atoms with E-state index in [0.717, 1.165) is 0 Å². The molecule has 0 bridgehead atoms. The van der Waals surface area contributed by atoms with Gasteiger partial charge in [-0.05, 0) is 25.0 Å². The molecule has 0 aliphatic rings. The van der Waals surface area contributed by atoms with Crippen molar-refractivity contribution in [1.82, 2.24) is 10.3 Å². The molecule has 1 aromatic heterocycles. The number of nitrogens with one attached hydrogen (secondary N) is 1. The molecule has 1 aromatic rings. The first-order chi connectivity index (χ1) is 9.23. The van der Waals surface area contributed by atoms with Crippen LogP contribution in [-0.2, 0) is 4.79 Å². The number of primary amides is 1. The van der Waals surface area contributed by atoms with Crippen molar-refractivity contribution in [3.63, 3.8) is 0 Å². The second-order valence-electron chi connectivity index (χ2n) is 4.73. The zero-order valence-corrected chi connectivity index (χ0v) is 11.5. The maximum atomic E-state index is 12.0. The van der Waals surface area contributed by atoms with Gasteiger partial charge in [0.2, 0.25) is 5.91 Å². The molecule has 0 aliphatic carbocycles. The Kier molecular flexibility index (Phi) is 4.79. The highest BCUT2D eigenvalue weighted by Gasteiger charge is 2.23. The highest BCUT2D eigenvalue weighted by atomic mass is 16.4. The van der Waals surface area contributed by atoms with E-state index in [2.05, 4.69) is 10.3 Å². The molecule has 7 heteroatoms. The maximum absolute atomic E-state index is 12.0. The molecule has 1 heterocycles. The Morgan fingerprint density at radius 2 is 1.90 bits per heavy atom. The van der Waals surface area contributed by atoms with Crippen LogP contribution in [0.15, 0.2) is 12.1 Å². The summed E-state index contributed by atoms with van der Waals surface area (Å²) < 4.78 is 0. The highest BCUT2D eigenvalue weighted by molar-refractivity contribution is 5.97. The number of carbonyl (C=O) groups excluding carboxylic acids is 2. The van der Waals surface area contributed by atoms with Gasteiger partial charge in [-0.1, -0.05) is 13.8 Å². The van der Waals surface area contributed by atoms with Crippen molar-refractivity contribution in [2.75, 3.05) is 0 Å². The van der Waals surface area contributed by atoms with Crippen LogP contribution in [0.1, 0.15) is 40.4 Å². The lowest BCUT2D eigenvalue weighted by Crippen LogP contribution is -2.47. The van der Waals surface area contributed by atoms with E-state index in [4.69, 9.17) is 10.8 Å². The molecule has 0 fully saturated rings. The molecule has 0 radical (unpaired) electrons. The minimum atomic E-state index is -1.11. The average molecular weight is 279 g/mol. The molecule has 1 unspecified atom stereocenters. The lowest BCUT2D eigenvalue weighted by Gasteiger charge is -2.18. The number of nitrogens with zero attached hydrogens (tertiary/aromatic N) is 1. The van der Waals surface area contributed by atoms with Crippen molar-refractivity contribution in [3.05, 3.63) is 29.1 Å². The summed E-state index contributed by atoms with van der Waals surface area (Å²) >= 11 is 0. The molecule has 108 valence electrons. The van der Waals surface area contributed by atoms with Crippen LogP contribution in [0.2, 0.25) is 0 Å². The van der Waals surface area contributed by atoms with Crippen LogP contribution < -0.4 is 11.1 Å². The van der Waals surface area contributed by atoms with E-state index in [1.165, 1.54) is 19.1 Å². The van der Waals surface area contributed by atoms with Gasteiger partial charge >= 0.3 is 5.97 Å². The van der Waals surface area contributed by atoms with Crippen molar-refractivity contribution in [1.29, 1.82) is 0 Å². The molecule has 0 saturated carbocycles. The van der Waals surface area contributed by atoms with Gasteiger partial charge in [-0.3, -0.25) is 9.59 Å². The first-order valence-electron chi connectivity index (χ1n) is 6.05. The fraction of sp³-hybridized carbons (Fsp3) is 0.385. The van der Waals surface area contributed by atoms with Gasteiger partial charge in [0.05, 0.1) is 11.3 Å². The van der Waals surface area contributed by atoms with Crippen LogP contribution in [0.3, 0.4) is 0 Å². The standard InChI is InChI=1S/C13H17N3O4/c1-6(2)10(11(14)17)16-12(18)9-5-4-8(13(19)20)7(3)15-9/h4-6,10H,1-3H3,(H2,14,17)(H,16,18)(H,19,20). The van der Waals surface area contributed by atoms with E-state index < -0.39 is 23.8 Å². The van der Waals surface area contributed by atoms with Gasteiger partial charge in [0.15, 0.2) is 0 Å². The summed E-state index contributed by atoms with van der Waals surface area (Å²) in [6, 6.07) is 1.79. The summed E-state index contributed by atoms with van der Waals surface area (Å²) in [5.74, 6) is -2.47. The third kappa shape index (κ3) is 3.53. The lowest BCUT2D eigenvalue weighted by molar-refractivity contribution is -0.120. The zero-order valence-electron chi connectivity index (χ0n) is 11.5. The fourth-order valence-corrected chi connectivity index (χ4v) is 1.70. The third-order valence-electron chi connectivity index (χ3n) is 2.81. The monoisotopic (exact) mass is 279 g/mol. The van der Waals surface area contributed by atoms with Crippen LogP contribution >= 0.6 is 0 Å². The van der Waals surface area contributed by atoms with Crippen LogP contribution in [0, 0.1) is 12.8 Å². The molecule has 1 rings (SSSR count). The predicted octanol–water partition coefficient (Wildman–Crippen LogP) is 0.328. The molecule has 0 spiro atoms. The van der Waals surface area contributed by atoms with Gasteiger partial charge in [0.25, 0.3) is 5.91 Å². The van der Waals surface area contributed by atoms with Crippen LogP contribution in [-0.4, -0.2) is 33.9 Å². The summed E-state index contributed by atoms with van der Waals surface area (Å²) in [4.78, 5) is 38.0. The smallest absolute Gasteiger partial charge is 0.337 e. The number of carboxylic acids is 1. The largest absolute Gasteiger partial charge is 0.478 e. The normalized spacial score (nSPS) is 12.0. The minimum Gasteiger partial charge on any atom is -0.478 e. The molecule has 20 heavy (non-hydrogen) atoms. The number of aromatic nitrogens is 1. The maximum Gasteiger partial charge on any atom is 0.337 e.